The highest BCUT2D eigenvalue weighted by Crippen LogP contribution is 2.32. The quantitative estimate of drug-likeness (QED) is 0.867. The van der Waals surface area contributed by atoms with Crippen LogP contribution in [0.1, 0.15) is 18.9 Å². The van der Waals surface area contributed by atoms with Crippen molar-refractivity contribution in [2.75, 3.05) is 41.9 Å². The zero-order valence-electron chi connectivity index (χ0n) is 16.3. The first kappa shape index (κ1) is 18.3. The third-order valence-corrected chi connectivity index (χ3v) is 5.59. The van der Waals surface area contributed by atoms with Crippen LogP contribution in [-0.2, 0) is 16.0 Å². The first-order valence-corrected chi connectivity index (χ1v) is 9.72. The molecule has 1 N–H and O–H groups in total. The highest BCUT2D eigenvalue weighted by molar-refractivity contribution is 6.03. The highest BCUT2D eigenvalue weighted by atomic mass is 16.5. The molecule has 0 saturated carbocycles. The van der Waals surface area contributed by atoms with E-state index in [0.717, 1.165) is 30.9 Å². The van der Waals surface area contributed by atoms with E-state index >= 15 is 0 Å². The maximum Gasteiger partial charge on any atom is 0.229 e. The molecule has 1 atom stereocenters. The Labute approximate surface area is 165 Å². The molecule has 4 rings (SSSR count). The fourth-order valence-electron chi connectivity index (χ4n) is 4.01. The Bertz CT molecular complexity index is 912. The van der Waals surface area contributed by atoms with Crippen LogP contribution in [-0.4, -0.2) is 38.6 Å². The van der Waals surface area contributed by atoms with Crippen molar-refractivity contribution in [1.82, 2.24) is 0 Å². The van der Waals surface area contributed by atoms with Gasteiger partial charge in [0.2, 0.25) is 11.8 Å². The maximum atomic E-state index is 12.8. The van der Waals surface area contributed by atoms with Crippen LogP contribution in [0.4, 0.5) is 17.1 Å². The minimum absolute atomic E-state index is 0.0421. The first-order valence-electron chi connectivity index (χ1n) is 9.72. The summed E-state index contributed by atoms with van der Waals surface area (Å²) in [7, 11) is 1.59. The van der Waals surface area contributed by atoms with E-state index in [1.54, 1.807) is 12.0 Å². The molecule has 2 aromatic carbocycles. The van der Waals surface area contributed by atoms with Crippen molar-refractivity contribution in [2.24, 2.45) is 5.92 Å². The molecule has 146 valence electrons. The average Bonchev–Trinajstić information content (AvgIpc) is 3.31. The largest absolute Gasteiger partial charge is 0.497 e. The molecule has 0 aliphatic carbocycles. The molecule has 2 aromatic rings. The first-order chi connectivity index (χ1) is 13.6. The Morgan fingerprint density at radius 3 is 2.89 bits per heavy atom. The smallest absolute Gasteiger partial charge is 0.229 e. The molecule has 28 heavy (non-hydrogen) atoms. The minimum atomic E-state index is -0.366. The SMILES string of the molecule is CCN1CCc2ccc(NC(=O)C3CC(=O)N(c4cccc(OC)c4)C3)cc21. The number of hydrogen-bond acceptors (Lipinski definition) is 4. The molecule has 6 heteroatoms. The number of anilines is 3. The van der Waals surface area contributed by atoms with Gasteiger partial charge in [0.1, 0.15) is 5.75 Å². The molecule has 0 bridgehead atoms. The number of carbonyl (C=O) groups excluding carboxylic acids is 2. The van der Waals surface area contributed by atoms with Crippen LogP contribution in [0.15, 0.2) is 42.5 Å². The summed E-state index contributed by atoms with van der Waals surface area (Å²) in [5.74, 6) is 0.172. The van der Waals surface area contributed by atoms with Gasteiger partial charge in [0, 0.05) is 49.2 Å². The maximum absolute atomic E-state index is 12.8. The third kappa shape index (κ3) is 3.42. The van der Waals surface area contributed by atoms with Crippen molar-refractivity contribution in [3.63, 3.8) is 0 Å². The van der Waals surface area contributed by atoms with Gasteiger partial charge in [-0.15, -0.1) is 0 Å². The topological polar surface area (TPSA) is 61.9 Å². The summed E-state index contributed by atoms with van der Waals surface area (Å²) in [6.07, 6.45) is 1.26. The second kappa shape index (κ2) is 7.54. The zero-order chi connectivity index (χ0) is 19.7. The van der Waals surface area contributed by atoms with E-state index in [1.165, 1.54) is 11.3 Å². The second-order valence-corrected chi connectivity index (χ2v) is 7.27. The van der Waals surface area contributed by atoms with Crippen LogP contribution < -0.4 is 19.9 Å². The summed E-state index contributed by atoms with van der Waals surface area (Å²) in [5, 5.41) is 3.00. The van der Waals surface area contributed by atoms with Gasteiger partial charge in [-0.25, -0.2) is 0 Å². The summed E-state index contributed by atoms with van der Waals surface area (Å²) in [4.78, 5) is 29.2. The van der Waals surface area contributed by atoms with Crippen LogP contribution in [0.25, 0.3) is 0 Å². The minimum Gasteiger partial charge on any atom is -0.497 e. The van der Waals surface area contributed by atoms with Crippen LogP contribution in [0.2, 0.25) is 0 Å². The van der Waals surface area contributed by atoms with Crippen LogP contribution in [0.3, 0.4) is 0 Å². The van der Waals surface area contributed by atoms with Crippen molar-refractivity contribution >= 4 is 28.9 Å². The lowest BCUT2D eigenvalue weighted by atomic mass is 10.1. The van der Waals surface area contributed by atoms with E-state index in [0.29, 0.717) is 12.3 Å². The predicted octanol–water partition coefficient (Wildman–Crippen LogP) is 3.07. The molecule has 1 saturated heterocycles. The second-order valence-electron chi connectivity index (χ2n) is 7.27. The summed E-state index contributed by atoms with van der Waals surface area (Å²) in [5.41, 5.74) is 4.06. The number of benzene rings is 2. The van der Waals surface area contributed by atoms with Crippen molar-refractivity contribution in [3.05, 3.63) is 48.0 Å². The fraction of sp³-hybridized carbons (Fsp3) is 0.364. The molecule has 0 aromatic heterocycles. The number of likely N-dealkylation sites (N-methyl/N-ethyl adjacent to an activating group) is 1. The van der Waals surface area contributed by atoms with Crippen molar-refractivity contribution in [2.45, 2.75) is 19.8 Å². The molecule has 6 nitrogen and oxygen atoms in total. The molecule has 0 radical (unpaired) electrons. The molecule has 2 aliphatic heterocycles. The Balaban J connectivity index is 1.45. The molecular weight excluding hydrogens is 354 g/mol. The monoisotopic (exact) mass is 379 g/mol. The van der Waals surface area contributed by atoms with E-state index in [-0.39, 0.29) is 24.2 Å². The van der Waals surface area contributed by atoms with Gasteiger partial charge in [-0.3, -0.25) is 9.59 Å². The van der Waals surface area contributed by atoms with Gasteiger partial charge in [-0.1, -0.05) is 12.1 Å². The van der Waals surface area contributed by atoms with E-state index in [9.17, 15) is 9.59 Å². The molecule has 2 amide bonds. The number of fused-ring (bicyclic) bond motifs is 1. The Hall–Kier alpha value is -3.02. The standard InChI is InChI=1S/C22H25N3O3/c1-3-24-10-9-15-7-8-17(12-20(15)24)23-22(27)16-11-21(26)25(14-16)18-5-4-6-19(13-18)28-2/h4-8,12-13,16H,3,9-11,14H2,1-2H3,(H,23,27). The fourth-order valence-corrected chi connectivity index (χ4v) is 4.01. The van der Waals surface area contributed by atoms with E-state index in [4.69, 9.17) is 4.74 Å². The Morgan fingerprint density at radius 1 is 1.25 bits per heavy atom. The molecule has 2 aliphatic rings. The lowest BCUT2D eigenvalue weighted by molar-refractivity contribution is -0.122. The number of methoxy groups -OCH3 is 1. The van der Waals surface area contributed by atoms with Crippen molar-refractivity contribution < 1.29 is 14.3 Å². The van der Waals surface area contributed by atoms with E-state index < -0.39 is 0 Å². The summed E-state index contributed by atoms with van der Waals surface area (Å²) in [6, 6.07) is 13.4. The zero-order valence-corrected chi connectivity index (χ0v) is 16.3. The Kier molecular flexibility index (Phi) is 4.94. The predicted molar refractivity (Wildman–Crippen MR) is 110 cm³/mol. The lowest BCUT2D eigenvalue weighted by Gasteiger charge is -2.19. The summed E-state index contributed by atoms with van der Waals surface area (Å²) >= 11 is 0. The van der Waals surface area contributed by atoms with Gasteiger partial charge in [-0.2, -0.15) is 0 Å². The molecule has 1 unspecified atom stereocenters. The number of nitrogens with one attached hydrogen (secondary N) is 1. The number of rotatable bonds is 5. The third-order valence-electron chi connectivity index (χ3n) is 5.59. The van der Waals surface area contributed by atoms with E-state index in [2.05, 4.69) is 23.2 Å². The molecule has 2 heterocycles. The number of hydrogen-bond donors (Lipinski definition) is 1. The van der Waals surface area contributed by atoms with Crippen LogP contribution in [0, 0.1) is 5.92 Å². The number of nitrogens with zero attached hydrogens (tertiary/aromatic N) is 2. The number of carbonyl (C=O) groups is 2. The normalized spacial score (nSPS) is 18.4. The van der Waals surface area contributed by atoms with Gasteiger partial charge in [0.05, 0.1) is 13.0 Å². The van der Waals surface area contributed by atoms with Gasteiger partial charge < -0.3 is 19.9 Å². The van der Waals surface area contributed by atoms with Gasteiger partial charge in [-0.05, 0) is 43.2 Å². The van der Waals surface area contributed by atoms with Crippen molar-refractivity contribution in [3.8, 4) is 5.75 Å². The number of ether oxygens (including phenoxy) is 1. The highest BCUT2D eigenvalue weighted by Gasteiger charge is 2.35. The van der Waals surface area contributed by atoms with Gasteiger partial charge in [0.25, 0.3) is 0 Å². The van der Waals surface area contributed by atoms with Gasteiger partial charge >= 0.3 is 0 Å². The molecule has 1 fully saturated rings. The van der Waals surface area contributed by atoms with Crippen LogP contribution in [0.5, 0.6) is 5.75 Å². The summed E-state index contributed by atoms with van der Waals surface area (Å²) < 4.78 is 5.24. The average molecular weight is 379 g/mol. The lowest BCUT2D eigenvalue weighted by Crippen LogP contribution is -2.28. The molecule has 0 spiro atoms. The number of amides is 2. The molecular formula is C22H25N3O3. The van der Waals surface area contributed by atoms with Crippen molar-refractivity contribution in [1.29, 1.82) is 0 Å². The van der Waals surface area contributed by atoms with Gasteiger partial charge in [0.15, 0.2) is 0 Å². The van der Waals surface area contributed by atoms with E-state index in [1.807, 2.05) is 36.4 Å². The van der Waals surface area contributed by atoms with Crippen LogP contribution >= 0.6 is 0 Å². The Morgan fingerprint density at radius 2 is 2.11 bits per heavy atom. The summed E-state index contributed by atoms with van der Waals surface area (Å²) in [6.45, 7) is 4.49.